The van der Waals surface area contributed by atoms with Gasteiger partial charge in [-0.1, -0.05) is 12.1 Å². The minimum absolute atomic E-state index is 0. The molecule has 1 amide bonds. The first-order valence-electron chi connectivity index (χ1n) is 6.33. The molecule has 1 aromatic heterocycles. The Morgan fingerprint density at radius 1 is 1.40 bits per heavy atom. The maximum absolute atomic E-state index is 12.0. The molecule has 0 radical (unpaired) electrons. The van der Waals surface area contributed by atoms with E-state index in [-0.39, 0.29) is 24.4 Å². The van der Waals surface area contributed by atoms with Gasteiger partial charge in [0, 0.05) is 11.3 Å². The van der Waals surface area contributed by atoms with Crippen molar-refractivity contribution in [1.29, 1.82) is 0 Å². The van der Waals surface area contributed by atoms with E-state index in [0.29, 0.717) is 5.82 Å². The van der Waals surface area contributed by atoms with Crippen LogP contribution in [-0.2, 0) is 4.79 Å². The normalized spacial score (nSPS) is 17.5. The lowest BCUT2D eigenvalue weighted by molar-refractivity contribution is -0.117. The maximum Gasteiger partial charge on any atom is 0.241 e. The fourth-order valence-corrected chi connectivity index (χ4v) is 2.23. The summed E-state index contributed by atoms with van der Waals surface area (Å²) >= 11 is 0. The third-order valence-electron chi connectivity index (χ3n) is 3.20. The molecule has 0 saturated carbocycles. The molecule has 2 heterocycles. The van der Waals surface area contributed by atoms with E-state index >= 15 is 0 Å². The molecular formula is C13H16ClN5O. The molecule has 1 aromatic carbocycles. The maximum atomic E-state index is 12.0. The molecule has 106 valence electrons. The third-order valence-corrected chi connectivity index (χ3v) is 3.20. The van der Waals surface area contributed by atoms with Crippen molar-refractivity contribution >= 4 is 24.0 Å². The number of aromatic nitrogens is 3. The first kappa shape index (κ1) is 14.5. The van der Waals surface area contributed by atoms with Crippen molar-refractivity contribution in [3.8, 4) is 11.4 Å². The molecule has 1 aliphatic heterocycles. The fourth-order valence-electron chi connectivity index (χ4n) is 2.23. The summed E-state index contributed by atoms with van der Waals surface area (Å²) in [7, 11) is 0. The van der Waals surface area contributed by atoms with Crippen LogP contribution in [0.4, 0.5) is 5.69 Å². The number of carbonyl (C=O) groups excluding carboxylic acids is 1. The number of rotatable bonds is 3. The van der Waals surface area contributed by atoms with Crippen molar-refractivity contribution in [3.63, 3.8) is 0 Å². The number of nitrogens with zero attached hydrogens (tertiary/aromatic N) is 2. The summed E-state index contributed by atoms with van der Waals surface area (Å²) in [6.45, 7) is 0.913. The van der Waals surface area contributed by atoms with Gasteiger partial charge < -0.3 is 10.6 Å². The summed E-state index contributed by atoms with van der Waals surface area (Å²) in [5.41, 5.74) is 1.67. The van der Waals surface area contributed by atoms with Crippen LogP contribution in [0.3, 0.4) is 0 Å². The Morgan fingerprint density at radius 3 is 3.00 bits per heavy atom. The average Bonchev–Trinajstić information content (AvgIpc) is 3.13. The predicted octanol–water partition coefficient (Wildman–Crippen LogP) is 1.58. The zero-order chi connectivity index (χ0) is 13.1. The summed E-state index contributed by atoms with van der Waals surface area (Å²) in [6, 6.07) is 7.48. The Kier molecular flexibility index (Phi) is 4.70. The minimum Gasteiger partial charge on any atom is -0.325 e. The van der Waals surface area contributed by atoms with Gasteiger partial charge in [0.05, 0.1) is 6.04 Å². The van der Waals surface area contributed by atoms with Gasteiger partial charge >= 0.3 is 0 Å². The van der Waals surface area contributed by atoms with Crippen molar-refractivity contribution in [2.75, 3.05) is 11.9 Å². The summed E-state index contributed by atoms with van der Waals surface area (Å²) in [6.07, 6.45) is 3.41. The molecule has 1 unspecified atom stereocenters. The summed E-state index contributed by atoms with van der Waals surface area (Å²) in [5, 5.41) is 12.7. The van der Waals surface area contributed by atoms with Crippen LogP contribution in [0, 0.1) is 0 Å². The Bertz CT molecular complexity index is 566. The van der Waals surface area contributed by atoms with Gasteiger partial charge in [0.1, 0.15) is 6.33 Å². The number of halogens is 1. The van der Waals surface area contributed by atoms with E-state index in [4.69, 9.17) is 0 Å². The van der Waals surface area contributed by atoms with Gasteiger partial charge in [-0.2, -0.15) is 5.10 Å². The summed E-state index contributed by atoms with van der Waals surface area (Å²) in [4.78, 5) is 16.1. The summed E-state index contributed by atoms with van der Waals surface area (Å²) < 4.78 is 0. The number of amides is 1. The zero-order valence-electron chi connectivity index (χ0n) is 10.8. The first-order chi connectivity index (χ1) is 9.33. The molecule has 2 aromatic rings. The standard InChI is InChI=1S/C13H15N5O.ClH/c19-13(11-5-2-6-14-11)17-10-4-1-3-9(7-10)12-15-8-16-18-12;/h1,3-4,7-8,11,14H,2,5-6H2,(H,17,19)(H,15,16,18);1H. The molecule has 3 N–H and O–H groups in total. The number of hydrogen-bond acceptors (Lipinski definition) is 4. The smallest absolute Gasteiger partial charge is 0.241 e. The van der Waals surface area contributed by atoms with E-state index in [1.165, 1.54) is 6.33 Å². The molecule has 6 nitrogen and oxygen atoms in total. The van der Waals surface area contributed by atoms with Gasteiger partial charge in [-0.25, -0.2) is 4.98 Å². The van der Waals surface area contributed by atoms with Gasteiger partial charge in [0.2, 0.25) is 5.91 Å². The van der Waals surface area contributed by atoms with Crippen molar-refractivity contribution in [3.05, 3.63) is 30.6 Å². The summed E-state index contributed by atoms with van der Waals surface area (Å²) in [5.74, 6) is 0.710. The molecule has 1 fully saturated rings. The van der Waals surface area contributed by atoms with Gasteiger partial charge in [-0.3, -0.25) is 9.89 Å². The van der Waals surface area contributed by atoms with Crippen molar-refractivity contribution in [1.82, 2.24) is 20.5 Å². The van der Waals surface area contributed by atoms with E-state index in [0.717, 1.165) is 30.6 Å². The molecule has 20 heavy (non-hydrogen) atoms. The van der Waals surface area contributed by atoms with Crippen LogP contribution >= 0.6 is 12.4 Å². The van der Waals surface area contributed by atoms with Crippen LogP contribution in [0.15, 0.2) is 30.6 Å². The lowest BCUT2D eigenvalue weighted by Crippen LogP contribution is -2.35. The molecular weight excluding hydrogens is 278 g/mol. The monoisotopic (exact) mass is 293 g/mol. The highest BCUT2D eigenvalue weighted by atomic mass is 35.5. The second-order valence-electron chi connectivity index (χ2n) is 4.55. The van der Waals surface area contributed by atoms with Crippen LogP contribution in [0.1, 0.15) is 12.8 Å². The van der Waals surface area contributed by atoms with Crippen LogP contribution in [0.25, 0.3) is 11.4 Å². The largest absolute Gasteiger partial charge is 0.325 e. The van der Waals surface area contributed by atoms with E-state index < -0.39 is 0 Å². The minimum atomic E-state index is -0.0751. The van der Waals surface area contributed by atoms with Crippen LogP contribution in [0.5, 0.6) is 0 Å². The molecule has 1 saturated heterocycles. The Labute approximate surface area is 122 Å². The van der Waals surface area contributed by atoms with Gasteiger partial charge in [-0.15, -0.1) is 12.4 Å². The van der Waals surface area contributed by atoms with Gasteiger partial charge in [0.25, 0.3) is 0 Å². The Hall–Kier alpha value is -1.92. The van der Waals surface area contributed by atoms with E-state index in [1.54, 1.807) is 0 Å². The lowest BCUT2D eigenvalue weighted by Gasteiger charge is -2.11. The van der Waals surface area contributed by atoms with Crippen molar-refractivity contribution in [2.24, 2.45) is 0 Å². The van der Waals surface area contributed by atoms with Crippen molar-refractivity contribution < 1.29 is 4.79 Å². The highest BCUT2D eigenvalue weighted by Crippen LogP contribution is 2.19. The highest BCUT2D eigenvalue weighted by Gasteiger charge is 2.21. The molecule has 1 atom stereocenters. The van der Waals surface area contributed by atoms with Crippen LogP contribution < -0.4 is 10.6 Å². The molecule has 1 aliphatic rings. The number of H-pyrrole nitrogens is 1. The molecule has 0 aliphatic carbocycles. The average molecular weight is 294 g/mol. The Morgan fingerprint density at radius 2 is 2.30 bits per heavy atom. The number of benzene rings is 1. The number of nitrogens with one attached hydrogen (secondary N) is 3. The fraction of sp³-hybridized carbons (Fsp3) is 0.308. The van der Waals surface area contributed by atoms with Gasteiger partial charge in [0.15, 0.2) is 5.82 Å². The molecule has 3 rings (SSSR count). The van der Waals surface area contributed by atoms with Crippen LogP contribution in [0.2, 0.25) is 0 Å². The molecule has 0 bridgehead atoms. The van der Waals surface area contributed by atoms with Gasteiger partial charge in [-0.05, 0) is 31.5 Å². The first-order valence-corrected chi connectivity index (χ1v) is 6.33. The number of aromatic amines is 1. The number of anilines is 1. The SMILES string of the molecule is Cl.O=C(Nc1cccc(-c2ncn[nH]2)c1)C1CCCN1. The topological polar surface area (TPSA) is 82.7 Å². The van der Waals surface area contributed by atoms with E-state index in [1.807, 2.05) is 24.3 Å². The molecule has 0 spiro atoms. The Balaban J connectivity index is 0.00000147. The van der Waals surface area contributed by atoms with Crippen molar-refractivity contribution in [2.45, 2.75) is 18.9 Å². The lowest BCUT2D eigenvalue weighted by atomic mass is 10.1. The van der Waals surface area contributed by atoms with E-state index in [2.05, 4.69) is 25.8 Å². The van der Waals surface area contributed by atoms with E-state index in [9.17, 15) is 4.79 Å². The highest BCUT2D eigenvalue weighted by molar-refractivity contribution is 5.95. The number of hydrogen-bond donors (Lipinski definition) is 3. The third kappa shape index (κ3) is 3.15. The van der Waals surface area contributed by atoms with Crippen LogP contribution in [-0.4, -0.2) is 33.7 Å². The predicted molar refractivity (Wildman–Crippen MR) is 78.7 cm³/mol. The number of carbonyl (C=O) groups is 1. The second kappa shape index (κ2) is 6.49. The zero-order valence-corrected chi connectivity index (χ0v) is 11.6. The molecule has 7 heteroatoms. The quantitative estimate of drug-likeness (QED) is 0.802. The second-order valence-corrected chi connectivity index (χ2v) is 4.55.